The molecule has 0 N–H and O–H groups in total. The van der Waals surface area contributed by atoms with Gasteiger partial charge in [0.05, 0.1) is 0 Å². The standard InChI is InChI=1S/C9H12F3NO/c1-4-7(5-6-13-2)8(14-3)9(10,11)12/h4-6,8H,2H2,1,3H3/b6-5-,7-4+. The van der Waals surface area contributed by atoms with Crippen molar-refractivity contribution in [3.05, 3.63) is 23.9 Å². The van der Waals surface area contributed by atoms with Gasteiger partial charge in [-0.25, -0.2) is 0 Å². The average Bonchev–Trinajstić information content (AvgIpc) is 2.09. The summed E-state index contributed by atoms with van der Waals surface area (Å²) in [7, 11) is 1.01. The van der Waals surface area contributed by atoms with Gasteiger partial charge in [0.1, 0.15) is 0 Å². The first kappa shape index (κ1) is 12.9. The van der Waals surface area contributed by atoms with Crippen molar-refractivity contribution < 1.29 is 17.9 Å². The minimum atomic E-state index is -4.41. The highest BCUT2D eigenvalue weighted by Crippen LogP contribution is 2.28. The molecule has 0 saturated carbocycles. The first-order valence-electron chi connectivity index (χ1n) is 3.85. The predicted molar refractivity (Wildman–Crippen MR) is 49.3 cm³/mol. The molecule has 0 bridgehead atoms. The van der Waals surface area contributed by atoms with Gasteiger partial charge >= 0.3 is 6.18 Å². The Hall–Kier alpha value is -1.10. The van der Waals surface area contributed by atoms with Crippen LogP contribution in [0, 0.1) is 0 Å². The van der Waals surface area contributed by atoms with E-state index in [1.807, 2.05) is 0 Å². The molecule has 14 heavy (non-hydrogen) atoms. The zero-order chi connectivity index (χ0) is 11.2. The molecule has 0 aliphatic carbocycles. The van der Waals surface area contributed by atoms with Crippen LogP contribution in [0.2, 0.25) is 0 Å². The molecule has 0 fully saturated rings. The molecule has 0 aromatic carbocycles. The molecular formula is C9H12F3NO. The number of aliphatic imine (C=N–C) groups is 1. The summed E-state index contributed by atoms with van der Waals surface area (Å²) in [5.41, 5.74) is 0.00685. The number of hydrogen-bond acceptors (Lipinski definition) is 2. The van der Waals surface area contributed by atoms with Gasteiger partial charge in [-0.05, 0) is 25.3 Å². The molecule has 0 aliphatic heterocycles. The van der Waals surface area contributed by atoms with Gasteiger partial charge in [-0.3, -0.25) is 4.99 Å². The fourth-order valence-electron chi connectivity index (χ4n) is 0.932. The van der Waals surface area contributed by atoms with Crippen molar-refractivity contribution in [3.63, 3.8) is 0 Å². The summed E-state index contributed by atoms with van der Waals surface area (Å²) in [6.07, 6.45) is -2.60. The van der Waals surface area contributed by atoms with Gasteiger partial charge < -0.3 is 4.74 Å². The lowest BCUT2D eigenvalue weighted by atomic mass is 10.1. The van der Waals surface area contributed by atoms with Crippen LogP contribution in [0.25, 0.3) is 0 Å². The summed E-state index contributed by atoms with van der Waals surface area (Å²) in [6, 6.07) is 0. The molecule has 2 nitrogen and oxygen atoms in total. The van der Waals surface area contributed by atoms with Crippen LogP contribution in [0.1, 0.15) is 6.92 Å². The fraction of sp³-hybridized carbons (Fsp3) is 0.444. The molecule has 0 amide bonds. The van der Waals surface area contributed by atoms with Crippen molar-refractivity contribution >= 4 is 6.72 Å². The summed E-state index contributed by atoms with van der Waals surface area (Å²) in [4.78, 5) is 3.33. The van der Waals surface area contributed by atoms with Crippen LogP contribution in [-0.2, 0) is 4.74 Å². The van der Waals surface area contributed by atoms with Crippen LogP contribution in [0.5, 0.6) is 0 Å². The molecule has 0 aromatic rings. The zero-order valence-electron chi connectivity index (χ0n) is 8.01. The topological polar surface area (TPSA) is 21.6 Å². The van der Waals surface area contributed by atoms with Crippen LogP contribution in [0.4, 0.5) is 13.2 Å². The van der Waals surface area contributed by atoms with E-state index in [-0.39, 0.29) is 5.57 Å². The van der Waals surface area contributed by atoms with E-state index in [1.165, 1.54) is 25.3 Å². The number of alkyl halides is 3. The lowest BCUT2D eigenvalue weighted by Crippen LogP contribution is -2.31. The van der Waals surface area contributed by atoms with Crippen molar-refractivity contribution in [2.24, 2.45) is 4.99 Å². The fourth-order valence-corrected chi connectivity index (χ4v) is 0.932. The number of nitrogens with zero attached hydrogens (tertiary/aromatic N) is 1. The largest absolute Gasteiger partial charge is 0.418 e. The van der Waals surface area contributed by atoms with Crippen LogP contribution in [0.15, 0.2) is 28.9 Å². The lowest BCUT2D eigenvalue weighted by molar-refractivity contribution is -0.198. The van der Waals surface area contributed by atoms with Crippen molar-refractivity contribution in [1.82, 2.24) is 0 Å². The van der Waals surface area contributed by atoms with Gasteiger partial charge in [0, 0.05) is 13.3 Å². The molecule has 5 heteroatoms. The molecule has 0 rings (SSSR count). The SMILES string of the molecule is C=N/C=C\C(=C/C)C(OC)C(F)(F)F. The minimum absolute atomic E-state index is 0.00685. The smallest absolute Gasteiger partial charge is 0.367 e. The third-order valence-electron chi connectivity index (χ3n) is 1.54. The highest BCUT2D eigenvalue weighted by Gasteiger charge is 2.41. The number of halogens is 3. The first-order chi connectivity index (χ1) is 6.47. The number of hydrogen-bond donors (Lipinski definition) is 0. The summed E-state index contributed by atoms with van der Waals surface area (Å²) in [5.74, 6) is 0. The molecule has 0 aromatic heterocycles. The average molecular weight is 207 g/mol. The highest BCUT2D eigenvalue weighted by atomic mass is 19.4. The van der Waals surface area contributed by atoms with E-state index < -0.39 is 12.3 Å². The van der Waals surface area contributed by atoms with Gasteiger partial charge in [-0.2, -0.15) is 13.2 Å². The quantitative estimate of drug-likeness (QED) is 0.513. The maximum absolute atomic E-state index is 12.3. The third-order valence-corrected chi connectivity index (χ3v) is 1.54. The second kappa shape index (κ2) is 5.59. The second-order valence-electron chi connectivity index (χ2n) is 2.44. The number of allylic oxidation sites excluding steroid dienone is 1. The van der Waals surface area contributed by atoms with E-state index >= 15 is 0 Å². The van der Waals surface area contributed by atoms with Gasteiger partial charge in [-0.1, -0.05) is 6.08 Å². The Morgan fingerprint density at radius 2 is 2.07 bits per heavy atom. The molecule has 0 radical (unpaired) electrons. The molecule has 0 saturated heterocycles. The Morgan fingerprint density at radius 1 is 1.50 bits per heavy atom. The number of methoxy groups -OCH3 is 1. The summed E-state index contributed by atoms with van der Waals surface area (Å²) in [5, 5.41) is 0. The van der Waals surface area contributed by atoms with Gasteiger partial charge in [0.25, 0.3) is 0 Å². The van der Waals surface area contributed by atoms with Crippen molar-refractivity contribution in [2.45, 2.75) is 19.2 Å². The molecule has 80 valence electrons. The van der Waals surface area contributed by atoms with Crippen LogP contribution in [-0.4, -0.2) is 26.1 Å². The summed E-state index contributed by atoms with van der Waals surface area (Å²) < 4.78 is 41.4. The van der Waals surface area contributed by atoms with E-state index in [2.05, 4.69) is 16.4 Å². The van der Waals surface area contributed by atoms with E-state index in [0.29, 0.717) is 0 Å². The Morgan fingerprint density at radius 3 is 2.36 bits per heavy atom. The number of rotatable bonds is 4. The molecular weight excluding hydrogens is 195 g/mol. The summed E-state index contributed by atoms with van der Waals surface area (Å²) >= 11 is 0. The van der Waals surface area contributed by atoms with Crippen molar-refractivity contribution in [2.75, 3.05) is 7.11 Å². The van der Waals surface area contributed by atoms with Crippen molar-refractivity contribution in [1.29, 1.82) is 0 Å². The molecule has 0 heterocycles. The van der Waals surface area contributed by atoms with E-state index in [1.54, 1.807) is 0 Å². The van der Waals surface area contributed by atoms with Gasteiger partial charge in [-0.15, -0.1) is 0 Å². The van der Waals surface area contributed by atoms with Crippen LogP contribution >= 0.6 is 0 Å². The highest BCUT2D eigenvalue weighted by molar-refractivity contribution is 5.29. The monoisotopic (exact) mass is 207 g/mol. The Labute approximate surface area is 80.8 Å². The van der Waals surface area contributed by atoms with Crippen molar-refractivity contribution in [3.8, 4) is 0 Å². The summed E-state index contributed by atoms with van der Waals surface area (Å²) in [6.45, 7) is 4.63. The van der Waals surface area contributed by atoms with Gasteiger partial charge in [0.15, 0.2) is 6.10 Å². The maximum atomic E-state index is 12.3. The first-order valence-corrected chi connectivity index (χ1v) is 3.85. The maximum Gasteiger partial charge on any atom is 0.418 e. The van der Waals surface area contributed by atoms with Crippen LogP contribution < -0.4 is 0 Å². The van der Waals surface area contributed by atoms with Crippen LogP contribution in [0.3, 0.4) is 0 Å². The lowest BCUT2D eigenvalue weighted by Gasteiger charge is -2.19. The minimum Gasteiger partial charge on any atom is -0.367 e. The zero-order valence-corrected chi connectivity index (χ0v) is 8.01. The molecule has 0 spiro atoms. The Bertz CT molecular complexity index is 243. The van der Waals surface area contributed by atoms with Gasteiger partial charge in [0.2, 0.25) is 0 Å². The third kappa shape index (κ3) is 3.74. The number of ether oxygens (including phenoxy) is 1. The molecule has 0 aliphatic rings. The van der Waals surface area contributed by atoms with E-state index in [0.717, 1.165) is 7.11 Å². The van der Waals surface area contributed by atoms with E-state index in [4.69, 9.17) is 0 Å². The molecule has 1 unspecified atom stereocenters. The van der Waals surface area contributed by atoms with E-state index in [9.17, 15) is 13.2 Å². The molecule has 1 atom stereocenters. The Balaban J connectivity index is 4.81. The predicted octanol–water partition coefficient (Wildman–Crippen LogP) is 2.72. The second-order valence-corrected chi connectivity index (χ2v) is 2.44. The Kier molecular flexibility index (Phi) is 5.15. The normalized spacial score (nSPS) is 15.9.